The SMILES string of the molecule is NNC(Cc1cc(F)cc(Br)c1)c1ccccc1N. The highest BCUT2D eigenvalue weighted by atomic mass is 79.9. The first-order chi connectivity index (χ1) is 9.10. The van der Waals surface area contributed by atoms with Crippen molar-refractivity contribution in [3.63, 3.8) is 0 Å². The molecule has 0 saturated heterocycles. The zero-order valence-electron chi connectivity index (χ0n) is 10.2. The Hall–Kier alpha value is -1.43. The highest BCUT2D eigenvalue weighted by molar-refractivity contribution is 9.10. The molecule has 1 unspecified atom stereocenters. The van der Waals surface area contributed by atoms with Gasteiger partial charge >= 0.3 is 0 Å². The van der Waals surface area contributed by atoms with E-state index >= 15 is 0 Å². The van der Waals surface area contributed by atoms with Gasteiger partial charge in [-0.2, -0.15) is 0 Å². The fraction of sp³-hybridized carbons (Fsp3) is 0.143. The number of hydrazine groups is 1. The molecule has 0 aliphatic rings. The van der Waals surface area contributed by atoms with E-state index in [-0.39, 0.29) is 11.9 Å². The van der Waals surface area contributed by atoms with Gasteiger partial charge in [0.25, 0.3) is 0 Å². The number of rotatable bonds is 4. The molecule has 0 aliphatic heterocycles. The second-order valence-electron chi connectivity index (χ2n) is 4.33. The van der Waals surface area contributed by atoms with E-state index in [0.29, 0.717) is 16.6 Å². The van der Waals surface area contributed by atoms with Crippen molar-refractivity contribution in [1.29, 1.82) is 0 Å². The maximum absolute atomic E-state index is 13.4. The number of nitrogens with one attached hydrogen (secondary N) is 1. The summed E-state index contributed by atoms with van der Waals surface area (Å²) in [5, 5.41) is 0. The number of nitrogens with two attached hydrogens (primary N) is 2. The first-order valence-electron chi connectivity index (χ1n) is 5.85. The highest BCUT2D eigenvalue weighted by Crippen LogP contribution is 2.24. The molecule has 0 radical (unpaired) electrons. The van der Waals surface area contributed by atoms with Crippen molar-refractivity contribution in [2.24, 2.45) is 5.84 Å². The first-order valence-corrected chi connectivity index (χ1v) is 6.65. The molecule has 0 aliphatic carbocycles. The molecule has 0 amide bonds. The van der Waals surface area contributed by atoms with Crippen molar-refractivity contribution >= 4 is 21.6 Å². The summed E-state index contributed by atoms with van der Waals surface area (Å²) in [4.78, 5) is 0. The summed E-state index contributed by atoms with van der Waals surface area (Å²) in [6.07, 6.45) is 0.557. The number of nitrogen functional groups attached to an aromatic ring is 1. The van der Waals surface area contributed by atoms with E-state index in [4.69, 9.17) is 11.6 Å². The predicted molar refractivity (Wildman–Crippen MR) is 78.7 cm³/mol. The van der Waals surface area contributed by atoms with Crippen LogP contribution < -0.4 is 17.0 Å². The Labute approximate surface area is 119 Å². The molecule has 0 bridgehead atoms. The Bertz CT molecular complexity index is 554. The van der Waals surface area contributed by atoms with Gasteiger partial charge < -0.3 is 5.73 Å². The maximum atomic E-state index is 13.4. The third kappa shape index (κ3) is 3.53. The Balaban J connectivity index is 2.26. The van der Waals surface area contributed by atoms with Crippen LogP contribution in [0.15, 0.2) is 46.9 Å². The van der Waals surface area contributed by atoms with Gasteiger partial charge in [-0.25, -0.2) is 4.39 Å². The maximum Gasteiger partial charge on any atom is 0.124 e. The second kappa shape index (κ2) is 6.14. The molecule has 3 nitrogen and oxygen atoms in total. The van der Waals surface area contributed by atoms with Gasteiger partial charge in [-0.1, -0.05) is 34.1 Å². The van der Waals surface area contributed by atoms with Crippen LogP contribution in [0.25, 0.3) is 0 Å². The lowest BCUT2D eigenvalue weighted by molar-refractivity contribution is 0.550. The van der Waals surface area contributed by atoms with Gasteiger partial charge in [0, 0.05) is 10.2 Å². The third-order valence-electron chi connectivity index (χ3n) is 2.93. The van der Waals surface area contributed by atoms with Gasteiger partial charge in [0.05, 0.1) is 6.04 Å². The van der Waals surface area contributed by atoms with Crippen molar-refractivity contribution in [2.45, 2.75) is 12.5 Å². The minimum Gasteiger partial charge on any atom is -0.398 e. The molecule has 0 fully saturated rings. The standard InChI is InChI=1S/C14H15BrFN3/c15-10-5-9(6-11(16)8-10)7-14(19-18)12-3-1-2-4-13(12)17/h1-6,8,14,19H,7,17-18H2. The first kappa shape index (κ1) is 14.0. The summed E-state index contributed by atoms with van der Waals surface area (Å²) in [7, 11) is 0. The summed E-state index contributed by atoms with van der Waals surface area (Å²) in [5.41, 5.74) is 11.1. The van der Waals surface area contributed by atoms with Crippen molar-refractivity contribution in [3.8, 4) is 0 Å². The van der Waals surface area contributed by atoms with Crippen LogP contribution in [-0.4, -0.2) is 0 Å². The molecular formula is C14H15BrFN3. The minimum atomic E-state index is -0.277. The second-order valence-corrected chi connectivity index (χ2v) is 5.25. The summed E-state index contributed by atoms with van der Waals surface area (Å²) < 4.78 is 14.1. The molecule has 2 aromatic carbocycles. The largest absolute Gasteiger partial charge is 0.398 e. The number of hydrogen-bond donors (Lipinski definition) is 3. The van der Waals surface area contributed by atoms with Gasteiger partial charge in [-0.15, -0.1) is 0 Å². The van der Waals surface area contributed by atoms with E-state index < -0.39 is 0 Å². The van der Waals surface area contributed by atoms with Gasteiger partial charge in [-0.05, 0) is 41.8 Å². The van der Waals surface area contributed by atoms with E-state index in [9.17, 15) is 4.39 Å². The molecule has 2 aromatic rings. The number of hydrogen-bond acceptors (Lipinski definition) is 3. The normalized spacial score (nSPS) is 12.4. The van der Waals surface area contributed by atoms with Crippen LogP contribution in [0.1, 0.15) is 17.2 Å². The number of anilines is 1. The van der Waals surface area contributed by atoms with Gasteiger partial charge in [0.15, 0.2) is 0 Å². The van der Waals surface area contributed by atoms with Crippen LogP contribution in [-0.2, 0) is 6.42 Å². The lowest BCUT2D eigenvalue weighted by Gasteiger charge is -2.18. The van der Waals surface area contributed by atoms with Crippen LogP contribution in [0.5, 0.6) is 0 Å². The molecule has 1 atom stereocenters. The molecule has 0 spiro atoms. The Morgan fingerprint density at radius 2 is 1.95 bits per heavy atom. The Kier molecular flexibility index (Phi) is 4.52. The van der Waals surface area contributed by atoms with Crippen molar-refractivity contribution in [1.82, 2.24) is 5.43 Å². The van der Waals surface area contributed by atoms with E-state index in [0.717, 1.165) is 11.1 Å². The quantitative estimate of drug-likeness (QED) is 0.460. The molecule has 2 rings (SSSR count). The van der Waals surface area contributed by atoms with Crippen molar-refractivity contribution < 1.29 is 4.39 Å². The molecule has 5 N–H and O–H groups in total. The topological polar surface area (TPSA) is 64.1 Å². The lowest BCUT2D eigenvalue weighted by Crippen LogP contribution is -2.30. The number of benzene rings is 2. The van der Waals surface area contributed by atoms with Gasteiger partial charge in [-0.3, -0.25) is 11.3 Å². The molecule has 5 heteroatoms. The zero-order chi connectivity index (χ0) is 13.8. The molecular weight excluding hydrogens is 309 g/mol. The smallest absolute Gasteiger partial charge is 0.124 e. The van der Waals surface area contributed by atoms with Crippen molar-refractivity contribution in [3.05, 3.63) is 63.9 Å². The minimum absolute atomic E-state index is 0.158. The third-order valence-corrected chi connectivity index (χ3v) is 3.39. The molecule has 0 heterocycles. The Morgan fingerprint density at radius 1 is 1.21 bits per heavy atom. The van der Waals surface area contributed by atoms with Gasteiger partial charge in [0.2, 0.25) is 0 Å². The predicted octanol–water partition coefficient (Wildman–Crippen LogP) is 2.92. The Morgan fingerprint density at radius 3 is 2.58 bits per heavy atom. The van der Waals surface area contributed by atoms with E-state index in [1.165, 1.54) is 12.1 Å². The fourth-order valence-corrected chi connectivity index (χ4v) is 2.56. The van der Waals surface area contributed by atoms with E-state index in [2.05, 4.69) is 21.4 Å². The fourth-order valence-electron chi connectivity index (χ4n) is 2.05. The van der Waals surface area contributed by atoms with Crippen LogP contribution in [0.3, 0.4) is 0 Å². The van der Waals surface area contributed by atoms with Crippen LogP contribution in [0.2, 0.25) is 0 Å². The van der Waals surface area contributed by atoms with Crippen LogP contribution in [0, 0.1) is 5.82 Å². The monoisotopic (exact) mass is 323 g/mol. The summed E-state index contributed by atoms with van der Waals surface area (Å²) in [6, 6.07) is 12.1. The summed E-state index contributed by atoms with van der Waals surface area (Å²) in [6.45, 7) is 0. The summed E-state index contributed by atoms with van der Waals surface area (Å²) >= 11 is 3.28. The number of halogens is 2. The molecule has 0 saturated carbocycles. The summed E-state index contributed by atoms with van der Waals surface area (Å²) in [5.74, 6) is 5.31. The molecule has 0 aromatic heterocycles. The van der Waals surface area contributed by atoms with Crippen molar-refractivity contribution in [2.75, 3.05) is 5.73 Å². The van der Waals surface area contributed by atoms with E-state index in [1.54, 1.807) is 0 Å². The average Bonchev–Trinajstić information content (AvgIpc) is 2.36. The van der Waals surface area contributed by atoms with Crippen LogP contribution in [0.4, 0.5) is 10.1 Å². The van der Waals surface area contributed by atoms with E-state index in [1.807, 2.05) is 30.3 Å². The number of para-hydroxylation sites is 1. The molecule has 19 heavy (non-hydrogen) atoms. The highest BCUT2D eigenvalue weighted by Gasteiger charge is 2.13. The average molecular weight is 324 g/mol. The lowest BCUT2D eigenvalue weighted by atomic mass is 9.98. The zero-order valence-corrected chi connectivity index (χ0v) is 11.8. The van der Waals surface area contributed by atoms with Gasteiger partial charge in [0.1, 0.15) is 5.82 Å². The molecule has 100 valence electrons. The van der Waals surface area contributed by atoms with Crippen LogP contribution >= 0.6 is 15.9 Å².